The van der Waals surface area contributed by atoms with Crippen molar-refractivity contribution in [1.29, 1.82) is 0 Å². The van der Waals surface area contributed by atoms with Gasteiger partial charge in [-0.3, -0.25) is 0 Å². The topological polar surface area (TPSA) is 14.2 Å². The lowest BCUT2D eigenvalue weighted by molar-refractivity contribution is 0.487. The highest BCUT2D eigenvalue weighted by atomic mass is 16.5. The molecule has 0 fully saturated rings. The van der Waals surface area contributed by atoms with Gasteiger partial charge in [-0.15, -0.1) is 0 Å². The van der Waals surface area contributed by atoms with E-state index >= 15 is 0 Å². The van der Waals surface area contributed by atoms with E-state index in [1.54, 1.807) is 0 Å². The molecule has 1 unspecified atom stereocenters. The van der Waals surface area contributed by atoms with Crippen molar-refractivity contribution in [2.45, 2.75) is 5.41 Å². The van der Waals surface area contributed by atoms with Crippen LogP contribution in [0.25, 0.3) is 93.5 Å². The number of hydrogen-bond donors (Lipinski definition) is 0. The quantitative estimate of drug-likeness (QED) is 0.172. The molecule has 0 saturated carbocycles. The zero-order valence-corrected chi connectivity index (χ0v) is 31.9. The molecule has 0 amide bonds. The van der Waals surface area contributed by atoms with E-state index in [4.69, 9.17) is 4.74 Å². The standard InChI is InChI=1S/C57H33NO/c1-2-14-36-34(13-1)27-29-48-54(36)41-17-3-7-22-45(41)57(48)46-23-8-4-18-42(46)55-37(19-12-24-47(55)57)35-28-31-52-44(33-35)40-20-11-21-43-51(30-32-53(59-52)56(40)43)58-49-25-9-5-15-38(49)39-16-6-10-26-50(39)58/h1-33H. The molecule has 0 N–H and O–H groups in total. The van der Waals surface area contributed by atoms with Crippen LogP contribution in [-0.4, -0.2) is 4.57 Å². The van der Waals surface area contributed by atoms with Crippen LogP contribution in [0.1, 0.15) is 22.3 Å². The van der Waals surface area contributed by atoms with Crippen LogP contribution in [0.3, 0.4) is 0 Å². The first kappa shape index (κ1) is 31.4. The summed E-state index contributed by atoms with van der Waals surface area (Å²) < 4.78 is 9.24. The fourth-order valence-corrected chi connectivity index (χ4v) is 11.4. The number of aromatic nitrogens is 1. The third kappa shape index (κ3) is 3.87. The summed E-state index contributed by atoms with van der Waals surface area (Å²) in [5, 5.41) is 7.41. The summed E-state index contributed by atoms with van der Waals surface area (Å²) in [5.41, 5.74) is 18.5. The van der Waals surface area contributed by atoms with E-state index in [9.17, 15) is 0 Å². The average molecular weight is 748 g/mol. The maximum absolute atomic E-state index is 6.82. The molecule has 11 aromatic rings. The van der Waals surface area contributed by atoms with Crippen LogP contribution in [0.15, 0.2) is 200 Å². The van der Waals surface area contributed by atoms with E-state index in [1.807, 2.05) is 0 Å². The van der Waals surface area contributed by atoms with Gasteiger partial charge in [0.1, 0.15) is 11.5 Å². The van der Waals surface area contributed by atoms with Crippen LogP contribution in [0.5, 0.6) is 11.5 Å². The molecule has 0 radical (unpaired) electrons. The minimum absolute atomic E-state index is 0.428. The Hall–Kier alpha value is -7.68. The molecule has 2 heterocycles. The second-order valence-electron chi connectivity index (χ2n) is 16.3. The van der Waals surface area contributed by atoms with Crippen LogP contribution >= 0.6 is 0 Å². The third-order valence-corrected chi connectivity index (χ3v) is 13.6. The predicted molar refractivity (Wildman–Crippen MR) is 243 cm³/mol. The smallest absolute Gasteiger partial charge is 0.136 e. The fraction of sp³-hybridized carbons (Fsp3) is 0.0175. The number of rotatable bonds is 2. The van der Waals surface area contributed by atoms with Gasteiger partial charge in [-0.05, 0) is 108 Å². The molecule has 0 bridgehead atoms. The Balaban J connectivity index is 0.996. The average Bonchev–Trinajstić information content (AvgIpc) is 3.91. The van der Waals surface area contributed by atoms with Gasteiger partial charge in [0, 0.05) is 27.1 Å². The minimum atomic E-state index is -0.428. The lowest BCUT2D eigenvalue weighted by Gasteiger charge is -2.30. The van der Waals surface area contributed by atoms with Crippen molar-refractivity contribution in [1.82, 2.24) is 4.57 Å². The van der Waals surface area contributed by atoms with E-state index in [0.29, 0.717) is 0 Å². The zero-order chi connectivity index (χ0) is 38.4. The number of ether oxygens (including phenoxy) is 1. The normalized spacial score (nSPS) is 15.3. The van der Waals surface area contributed by atoms with Crippen LogP contribution in [0.4, 0.5) is 0 Å². The van der Waals surface area contributed by atoms with Gasteiger partial charge in [-0.1, -0.05) is 164 Å². The first-order valence-electron chi connectivity index (χ1n) is 20.5. The monoisotopic (exact) mass is 747 g/mol. The molecule has 2 heteroatoms. The summed E-state index contributed by atoms with van der Waals surface area (Å²) in [5.74, 6) is 1.77. The largest absolute Gasteiger partial charge is 0.456 e. The van der Waals surface area contributed by atoms with Gasteiger partial charge in [0.2, 0.25) is 0 Å². The van der Waals surface area contributed by atoms with Crippen LogP contribution in [-0.2, 0) is 5.41 Å². The summed E-state index contributed by atoms with van der Waals surface area (Å²) in [6, 6.07) is 74.1. The Morgan fingerprint density at radius 3 is 1.73 bits per heavy atom. The Labute approximate surface area is 340 Å². The summed E-state index contributed by atoms with van der Waals surface area (Å²) >= 11 is 0. The molecule has 1 spiro atoms. The fourth-order valence-electron chi connectivity index (χ4n) is 11.4. The molecule has 2 aliphatic carbocycles. The van der Waals surface area contributed by atoms with Crippen molar-refractivity contribution < 1.29 is 4.74 Å². The van der Waals surface area contributed by atoms with Gasteiger partial charge in [-0.2, -0.15) is 0 Å². The van der Waals surface area contributed by atoms with Gasteiger partial charge in [-0.25, -0.2) is 0 Å². The zero-order valence-electron chi connectivity index (χ0n) is 31.9. The van der Waals surface area contributed by atoms with E-state index in [1.165, 1.54) is 99.2 Å². The molecule has 2 nitrogen and oxygen atoms in total. The Bertz CT molecular complexity index is 3610. The lowest BCUT2D eigenvalue weighted by atomic mass is 9.70. The van der Waals surface area contributed by atoms with E-state index in [2.05, 4.69) is 205 Å². The second kappa shape index (κ2) is 11.2. The molecule has 1 aliphatic heterocycles. The third-order valence-electron chi connectivity index (χ3n) is 13.6. The van der Waals surface area contributed by atoms with Crippen LogP contribution < -0.4 is 4.74 Å². The number of para-hydroxylation sites is 2. The van der Waals surface area contributed by atoms with Crippen molar-refractivity contribution in [2.75, 3.05) is 0 Å². The van der Waals surface area contributed by atoms with Crippen molar-refractivity contribution >= 4 is 43.4 Å². The highest BCUT2D eigenvalue weighted by molar-refractivity contribution is 6.14. The van der Waals surface area contributed by atoms with Gasteiger partial charge >= 0.3 is 0 Å². The number of nitrogens with zero attached hydrogens (tertiary/aromatic N) is 1. The van der Waals surface area contributed by atoms with E-state index < -0.39 is 5.41 Å². The molecular formula is C57H33NO. The van der Waals surface area contributed by atoms with Crippen molar-refractivity contribution in [2.24, 2.45) is 0 Å². The Kier molecular flexibility index (Phi) is 5.99. The Morgan fingerprint density at radius 1 is 0.356 bits per heavy atom. The predicted octanol–water partition coefficient (Wildman–Crippen LogP) is 14.9. The highest BCUT2D eigenvalue weighted by Crippen LogP contribution is 2.65. The summed E-state index contributed by atoms with van der Waals surface area (Å²) in [6.07, 6.45) is 0. The van der Waals surface area contributed by atoms with Gasteiger partial charge in [0.05, 0.1) is 22.1 Å². The van der Waals surface area contributed by atoms with Crippen molar-refractivity contribution in [3.05, 3.63) is 222 Å². The van der Waals surface area contributed by atoms with Crippen LogP contribution in [0.2, 0.25) is 0 Å². The molecule has 1 atom stereocenters. The summed E-state index contributed by atoms with van der Waals surface area (Å²) in [4.78, 5) is 0. The molecular weight excluding hydrogens is 715 g/mol. The second-order valence-corrected chi connectivity index (χ2v) is 16.3. The van der Waals surface area contributed by atoms with Crippen molar-refractivity contribution in [3.8, 4) is 61.7 Å². The molecule has 59 heavy (non-hydrogen) atoms. The summed E-state index contributed by atoms with van der Waals surface area (Å²) in [7, 11) is 0. The maximum Gasteiger partial charge on any atom is 0.136 e. The lowest BCUT2D eigenvalue weighted by Crippen LogP contribution is -2.25. The van der Waals surface area contributed by atoms with Crippen LogP contribution in [0, 0.1) is 0 Å². The Morgan fingerprint density at radius 2 is 0.932 bits per heavy atom. The highest BCUT2D eigenvalue weighted by Gasteiger charge is 2.52. The SMILES string of the molecule is c1ccc2c(c1)-c1c(-c3ccc4c(c3)-c3cccc5c(-n6c7ccccc7c7ccccc76)ccc(c35)O4)cccc1C21c2ccccc2-c2c1ccc1ccccc21. The number of fused-ring (bicyclic) bond motifs is 17. The first-order chi connectivity index (χ1) is 29.3. The van der Waals surface area contributed by atoms with E-state index in [-0.39, 0.29) is 0 Å². The van der Waals surface area contributed by atoms with Gasteiger partial charge in [0.25, 0.3) is 0 Å². The molecule has 10 aromatic carbocycles. The number of benzene rings is 10. The molecule has 1 aromatic heterocycles. The summed E-state index contributed by atoms with van der Waals surface area (Å²) in [6.45, 7) is 0. The van der Waals surface area contributed by atoms with E-state index in [0.717, 1.165) is 28.1 Å². The molecule has 3 aliphatic rings. The van der Waals surface area contributed by atoms with Gasteiger partial charge in [0.15, 0.2) is 0 Å². The minimum Gasteiger partial charge on any atom is -0.456 e. The number of hydrogen-bond acceptors (Lipinski definition) is 1. The van der Waals surface area contributed by atoms with Crippen molar-refractivity contribution in [3.63, 3.8) is 0 Å². The first-order valence-corrected chi connectivity index (χ1v) is 20.5. The molecule has 0 saturated heterocycles. The molecule has 272 valence electrons. The van der Waals surface area contributed by atoms with Gasteiger partial charge < -0.3 is 9.30 Å². The maximum atomic E-state index is 6.82. The molecule has 14 rings (SSSR count).